The zero-order chi connectivity index (χ0) is 13.3. The Bertz CT molecular complexity index is 423. The highest BCUT2D eigenvalue weighted by molar-refractivity contribution is 5.60. The second-order valence-corrected chi connectivity index (χ2v) is 6.09. The van der Waals surface area contributed by atoms with Crippen LogP contribution >= 0.6 is 0 Å². The first-order valence-corrected chi connectivity index (χ1v) is 7.04. The summed E-state index contributed by atoms with van der Waals surface area (Å²) in [7, 11) is 2.00. The molecule has 18 heavy (non-hydrogen) atoms. The van der Waals surface area contributed by atoms with E-state index in [9.17, 15) is 0 Å². The van der Waals surface area contributed by atoms with Gasteiger partial charge < -0.3 is 10.2 Å². The predicted molar refractivity (Wildman–Crippen MR) is 79.3 cm³/mol. The second-order valence-electron chi connectivity index (χ2n) is 6.09. The molecule has 2 heteroatoms. The van der Waals surface area contributed by atoms with Gasteiger partial charge in [0.15, 0.2) is 0 Å². The van der Waals surface area contributed by atoms with E-state index in [2.05, 4.69) is 56.1 Å². The highest BCUT2D eigenvalue weighted by atomic mass is 15.2. The van der Waals surface area contributed by atoms with Crippen molar-refractivity contribution in [3.05, 3.63) is 29.3 Å². The van der Waals surface area contributed by atoms with E-state index in [1.54, 1.807) is 0 Å². The van der Waals surface area contributed by atoms with E-state index in [0.717, 1.165) is 13.1 Å². The van der Waals surface area contributed by atoms with E-state index < -0.39 is 0 Å². The summed E-state index contributed by atoms with van der Waals surface area (Å²) in [5.41, 5.74) is 4.61. The van der Waals surface area contributed by atoms with Gasteiger partial charge in [0.2, 0.25) is 0 Å². The molecule has 1 aromatic carbocycles. The predicted octanol–water partition coefficient (Wildman–Crippen LogP) is 3.52. The number of benzene rings is 1. The minimum Gasteiger partial charge on any atom is -0.366 e. The molecule has 1 heterocycles. The Kier molecular flexibility index (Phi) is 3.67. The zero-order valence-corrected chi connectivity index (χ0v) is 12.4. The van der Waals surface area contributed by atoms with Crippen LogP contribution in [0.3, 0.4) is 0 Å². The summed E-state index contributed by atoms with van der Waals surface area (Å²) in [5, 5.41) is 3.23. The summed E-state index contributed by atoms with van der Waals surface area (Å²) in [6.45, 7) is 11.4. The van der Waals surface area contributed by atoms with Gasteiger partial charge in [-0.05, 0) is 57.4 Å². The van der Waals surface area contributed by atoms with Crippen LogP contribution in [0.25, 0.3) is 0 Å². The van der Waals surface area contributed by atoms with Crippen molar-refractivity contribution in [3.63, 3.8) is 0 Å². The fraction of sp³-hybridized carbons (Fsp3) is 0.625. The minimum atomic E-state index is 0.270. The molecule has 1 aliphatic rings. The van der Waals surface area contributed by atoms with Crippen molar-refractivity contribution in [1.29, 1.82) is 0 Å². The summed E-state index contributed by atoms with van der Waals surface area (Å²) in [6, 6.07) is 6.95. The Balaban J connectivity index is 2.44. The number of rotatable bonds is 3. The molecule has 0 aliphatic carbocycles. The van der Waals surface area contributed by atoms with Gasteiger partial charge in [-0.25, -0.2) is 0 Å². The standard InChI is InChI=1S/C16H26N2/c1-6-18-15-8-7-13(11-17-5)9-14(15)12(2)10-16(18,3)4/h7-9,12,17H,6,10-11H2,1-5H3/t12-/m0/s1. The number of fused-ring (bicyclic) bond motifs is 1. The lowest BCUT2D eigenvalue weighted by Crippen LogP contribution is -2.48. The number of hydrogen-bond donors (Lipinski definition) is 1. The number of hydrogen-bond acceptors (Lipinski definition) is 2. The summed E-state index contributed by atoms with van der Waals surface area (Å²) in [4.78, 5) is 2.55. The van der Waals surface area contributed by atoms with Crippen molar-refractivity contribution in [2.75, 3.05) is 18.5 Å². The molecule has 1 N–H and O–H groups in total. The Morgan fingerprint density at radius 1 is 1.39 bits per heavy atom. The molecule has 0 saturated carbocycles. The van der Waals surface area contributed by atoms with Crippen LogP contribution in [0.5, 0.6) is 0 Å². The number of nitrogens with zero attached hydrogens (tertiary/aromatic N) is 1. The van der Waals surface area contributed by atoms with Gasteiger partial charge in [0.05, 0.1) is 0 Å². The fourth-order valence-corrected chi connectivity index (χ4v) is 3.45. The lowest BCUT2D eigenvalue weighted by Gasteiger charge is -2.47. The molecule has 0 aromatic heterocycles. The lowest BCUT2D eigenvalue weighted by atomic mass is 9.79. The van der Waals surface area contributed by atoms with Crippen LogP contribution in [-0.4, -0.2) is 19.1 Å². The monoisotopic (exact) mass is 246 g/mol. The van der Waals surface area contributed by atoms with E-state index in [4.69, 9.17) is 0 Å². The van der Waals surface area contributed by atoms with E-state index >= 15 is 0 Å². The molecule has 0 saturated heterocycles. The molecule has 100 valence electrons. The molecule has 0 radical (unpaired) electrons. The average Bonchev–Trinajstić information content (AvgIpc) is 2.29. The van der Waals surface area contributed by atoms with E-state index in [-0.39, 0.29) is 5.54 Å². The molecule has 1 aliphatic heterocycles. The third-order valence-electron chi connectivity index (χ3n) is 4.15. The number of anilines is 1. The highest BCUT2D eigenvalue weighted by Crippen LogP contribution is 2.43. The van der Waals surface area contributed by atoms with Crippen LogP contribution in [0.1, 0.15) is 51.2 Å². The third kappa shape index (κ3) is 2.26. The molecular weight excluding hydrogens is 220 g/mol. The van der Waals surface area contributed by atoms with Crippen molar-refractivity contribution >= 4 is 5.69 Å². The lowest BCUT2D eigenvalue weighted by molar-refractivity contribution is 0.381. The van der Waals surface area contributed by atoms with Gasteiger partial charge in [-0.1, -0.05) is 19.1 Å². The number of nitrogens with one attached hydrogen (secondary N) is 1. The van der Waals surface area contributed by atoms with Crippen LogP contribution in [-0.2, 0) is 6.54 Å². The Hall–Kier alpha value is -1.02. The Labute approximate surface area is 111 Å². The van der Waals surface area contributed by atoms with Gasteiger partial charge in [0.25, 0.3) is 0 Å². The summed E-state index contributed by atoms with van der Waals surface area (Å²) >= 11 is 0. The molecular formula is C16H26N2. The Morgan fingerprint density at radius 3 is 2.72 bits per heavy atom. The molecule has 0 unspecified atom stereocenters. The first kappa shape index (κ1) is 13.4. The van der Waals surface area contributed by atoms with Crippen LogP contribution in [0.2, 0.25) is 0 Å². The maximum Gasteiger partial charge on any atom is 0.0406 e. The topological polar surface area (TPSA) is 15.3 Å². The zero-order valence-electron chi connectivity index (χ0n) is 12.4. The van der Waals surface area contributed by atoms with Crippen molar-refractivity contribution in [2.24, 2.45) is 0 Å². The average molecular weight is 246 g/mol. The summed E-state index contributed by atoms with van der Waals surface area (Å²) < 4.78 is 0. The van der Waals surface area contributed by atoms with Crippen molar-refractivity contribution in [2.45, 2.75) is 52.1 Å². The smallest absolute Gasteiger partial charge is 0.0406 e. The summed E-state index contributed by atoms with van der Waals surface area (Å²) in [6.07, 6.45) is 1.23. The van der Waals surface area contributed by atoms with Crippen molar-refractivity contribution < 1.29 is 0 Å². The fourth-order valence-electron chi connectivity index (χ4n) is 3.45. The normalized spacial score (nSPS) is 21.8. The minimum absolute atomic E-state index is 0.270. The van der Waals surface area contributed by atoms with Gasteiger partial charge in [-0.3, -0.25) is 0 Å². The summed E-state index contributed by atoms with van der Waals surface area (Å²) in [5.74, 6) is 0.648. The largest absolute Gasteiger partial charge is 0.366 e. The Morgan fingerprint density at radius 2 is 2.11 bits per heavy atom. The van der Waals surface area contributed by atoms with Gasteiger partial charge in [-0.2, -0.15) is 0 Å². The molecule has 0 bridgehead atoms. The van der Waals surface area contributed by atoms with E-state index in [1.165, 1.54) is 23.2 Å². The first-order valence-electron chi connectivity index (χ1n) is 7.04. The molecule has 2 rings (SSSR count). The van der Waals surface area contributed by atoms with Gasteiger partial charge >= 0.3 is 0 Å². The quantitative estimate of drug-likeness (QED) is 0.878. The van der Waals surface area contributed by atoms with Gasteiger partial charge in [0.1, 0.15) is 0 Å². The van der Waals surface area contributed by atoms with E-state index in [1.807, 2.05) is 7.05 Å². The molecule has 2 nitrogen and oxygen atoms in total. The third-order valence-corrected chi connectivity index (χ3v) is 4.15. The van der Waals surface area contributed by atoms with Crippen molar-refractivity contribution in [1.82, 2.24) is 5.32 Å². The maximum atomic E-state index is 3.23. The SMILES string of the molecule is CCN1c2ccc(CNC)cc2[C@@H](C)CC1(C)C. The molecule has 1 aromatic rings. The van der Waals surface area contributed by atoms with Crippen molar-refractivity contribution in [3.8, 4) is 0 Å². The first-order chi connectivity index (χ1) is 8.49. The van der Waals surface area contributed by atoms with Gasteiger partial charge in [-0.15, -0.1) is 0 Å². The molecule has 0 fully saturated rings. The highest BCUT2D eigenvalue weighted by Gasteiger charge is 2.35. The van der Waals surface area contributed by atoms with Gasteiger partial charge in [0, 0.05) is 24.3 Å². The van der Waals surface area contributed by atoms with Crippen LogP contribution in [0.15, 0.2) is 18.2 Å². The molecule has 0 spiro atoms. The van der Waals surface area contributed by atoms with Crippen LogP contribution < -0.4 is 10.2 Å². The maximum absolute atomic E-state index is 3.23. The second kappa shape index (κ2) is 4.93. The molecule has 1 atom stereocenters. The van der Waals surface area contributed by atoms with Crippen LogP contribution in [0.4, 0.5) is 5.69 Å². The van der Waals surface area contributed by atoms with E-state index in [0.29, 0.717) is 5.92 Å². The molecule has 0 amide bonds. The van der Waals surface area contributed by atoms with Crippen LogP contribution in [0, 0.1) is 0 Å².